The summed E-state index contributed by atoms with van der Waals surface area (Å²) >= 11 is 0. The van der Waals surface area contributed by atoms with Crippen molar-refractivity contribution in [3.63, 3.8) is 0 Å². The average Bonchev–Trinajstić information content (AvgIpc) is 3.31. The Morgan fingerprint density at radius 3 is 0.867 bits per heavy atom. The zero-order valence-electron chi connectivity index (χ0n) is 32.8. The van der Waals surface area contributed by atoms with Crippen molar-refractivity contribution in [2.75, 3.05) is 0 Å². The summed E-state index contributed by atoms with van der Waals surface area (Å²) in [6, 6.07) is 74.3. The number of hydrogen-bond donors (Lipinski definition) is 2. The Bertz CT molecular complexity index is 2480. The molecule has 2 amide bonds. The van der Waals surface area contributed by atoms with Gasteiger partial charge in [-0.15, -0.1) is 0 Å². The van der Waals surface area contributed by atoms with Crippen molar-refractivity contribution < 1.29 is 9.59 Å². The van der Waals surface area contributed by atoms with Crippen molar-refractivity contribution in [1.29, 1.82) is 0 Å². The van der Waals surface area contributed by atoms with Crippen LogP contribution in [0.3, 0.4) is 0 Å². The molecule has 2 N–H and O–H groups in total. The van der Waals surface area contributed by atoms with Gasteiger partial charge in [0.25, 0.3) is 11.8 Å². The smallest absolute Gasteiger partial charge is 0.252 e. The van der Waals surface area contributed by atoms with Crippen molar-refractivity contribution >= 4 is 59.5 Å². The number of carbonyl (C=O) groups is 2. The molecule has 290 valence electrons. The molecule has 0 saturated carbocycles. The van der Waals surface area contributed by atoms with Gasteiger partial charge in [-0.3, -0.25) is 9.59 Å². The van der Waals surface area contributed by atoms with Gasteiger partial charge < -0.3 is 10.6 Å². The Morgan fingerprint density at radius 1 is 0.317 bits per heavy atom. The van der Waals surface area contributed by atoms with Gasteiger partial charge in [0.05, 0.1) is 12.1 Å². The van der Waals surface area contributed by atoms with E-state index in [0.29, 0.717) is 11.1 Å². The lowest BCUT2D eigenvalue weighted by Gasteiger charge is -2.51. The molecule has 0 aliphatic heterocycles. The first kappa shape index (κ1) is 37.8. The van der Waals surface area contributed by atoms with E-state index >= 15 is 9.59 Å². The highest BCUT2D eigenvalue weighted by atomic mass is 31.1. The number of fused-ring (bicyclic) bond motifs is 1. The molecule has 2 atom stereocenters. The molecule has 4 nitrogen and oxygen atoms in total. The van der Waals surface area contributed by atoms with Crippen LogP contribution in [0.15, 0.2) is 218 Å². The molecular formula is C54H42N2O2P2. The van der Waals surface area contributed by atoms with E-state index in [4.69, 9.17) is 0 Å². The minimum atomic E-state index is -1.05. The van der Waals surface area contributed by atoms with Gasteiger partial charge >= 0.3 is 0 Å². The van der Waals surface area contributed by atoms with E-state index in [0.717, 1.165) is 10.6 Å². The van der Waals surface area contributed by atoms with Gasteiger partial charge in [0.2, 0.25) is 0 Å². The summed E-state index contributed by atoms with van der Waals surface area (Å²) in [7, 11) is -2.09. The summed E-state index contributed by atoms with van der Waals surface area (Å²) in [5.74, 6) is -0.633. The number of hydrogen-bond acceptors (Lipinski definition) is 2. The summed E-state index contributed by atoms with van der Waals surface area (Å²) in [5.41, 5.74) is 6.06. The van der Waals surface area contributed by atoms with Crippen molar-refractivity contribution in [3.8, 4) is 0 Å². The van der Waals surface area contributed by atoms with E-state index in [-0.39, 0.29) is 23.7 Å². The van der Waals surface area contributed by atoms with Crippen LogP contribution in [0.25, 0.3) is 0 Å². The number of carbonyl (C=O) groups excluding carboxylic acids is 2. The molecule has 0 heterocycles. The number of rotatable bonds is 10. The fourth-order valence-electron chi connectivity index (χ4n) is 9.37. The van der Waals surface area contributed by atoms with Crippen molar-refractivity contribution in [1.82, 2.24) is 10.6 Å². The molecule has 8 aromatic carbocycles. The van der Waals surface area contributed by atoms with Crippen molar-refractivity contribution in [2.24, 2.45) is 0 Å². The number of benzene rings is 8. The van der Waals surface area contributed by atoms with Crippen LogP contribution in [-0.2, 0) is 0 Å². The zero-order chi connectivity index (χ0) is 40.4. The molecule has 0 spiro atoms. The Morgan fingerprint density at radius 2 is 0.567 bits per heavy atom. The van der Waals surface area contributed by atoms with Gasteiger partial charge in [0.15, 0.2) is 0 Å². The highest BCUT2D eigenvalue weighted by molar-refractivity contribution is 7.80. The second-order valence-corrected chi connectivity index (χ2v) is 19.6. The maximum absolute atomic E-state index is 15.1. The Hall–Kier alpha value is -6.44. The molecule has 60 heavy (non-hydrogen) atoms. The SMILES string of the molecule is O=C(NC1C2c3ccccc3C(c3ccccc32)C1NC(=O)c1ccccc1P(c1ccccc1)c1ccccc1)c1ccccc1P(c1ccccc1)c1ccccc1. The fourth-order valence-corrected chi connectivity index (χ4v) is 14.3. The minimum Gasteiger partial charge on any atom is -0.346 e. The molecule has 0 radical (unpaired) electrons. The van der Waals surface area contributed by atoms with E-state index in [2.05, 4.69) is 168 Å². The van der Waals surface area contributed by atoms with Gasteiger partial charge in [-0.2, -0.15) is 0 Å². The first-order valence-electron chi connectivity index (χ1n) is 20.4. The molecule has 3 aliphatic carbocycles. The summed E-state index contributed by atoms with van der Waals surface area (Å²) in [6.07, 6.45) is 0. The van der Waals surface area contributed by atoms with E-state index in [1.807, 2.05) is 60.7 Å². The monoisotopic (exact) mass is 812 g/mol. The van der Waals surface area contributed by atoms with E-state index in [1.54, 1.807) is 0 Å². The molecule has 2 bridgehead atoms. The second-order valence-electron chi connectivity index (χ2n) is 15.3. The first-order chi connectivity index (χ1) is 29.7. The highest BCUT2D eigenvalue weighted by Crippen LogP contribution is 2.53. The average molecular weight is 813 g/mol. The normalized spacial score (nSPS) is 17.4. The van der Waals surface area contributed by atoms with E-state index < -0.39 is 27.9 Å². The van der Waals surface area contributed by atoms with Crippen LogP contribution >= 0.6 is 15.8 Å². The van der Waals surface area contributed by atoms with Gasteiger partial charge in [-0.1, -0.05) is 206 Å². The third-order valence-corrected chi connectivity index (χ3v) is 16.9. The highest BCUT2D eigenvalue weighted by Gasteiger charge is 2.51. The van der Waals surface area contributed by atoms with E-state index in [1.165, 1.54) is 43.5 Å². The fraction of sp³-hybridized carbons (Fsp3) is 0.0741. The summed E-state index contributed by atoms with van der Waals surface area (Å²) < 4.78 is 0. The maximum Gasteiger partial charge on any atom is 0.252 e. The Balaban J connectivity index is 1.07. The van der Waals surface area contributed by atoms with Gasteiger partial charge in [0, 0.05) is 23.0 Å². The van der Waals surface area contributed by atoms with Gasteiger partial charge in [0.1, 0.15) is 0 Å². The van der Waals surface area contributed by atoms with Crippen LogP contribution in [0.2, 0.25) is 0 Å². The molecular weight excluding hydrogens is 771 g/mol. The number of nitrogens with one attached hydrogen (secondary N) is 2. The molecule has 0 saturated heterocycles. The molecule has 2 unspecified atom stereocenters. The predicted octanol–water partition coefficient (Wildman–Crippen LogP) is 8.39. The maximum atomic E-state index is 15.1. The molecule has 6 heteroatoms. The Kier molecular flexibility index (Phi) is 10.5. The molecule has 8 aromatic rings. The molecule has 11 rings (SSSR count). The number of amides is 2. The third kappa shape index (κ3) is 6.97. The first-order valence-corrected chi connectivity index (χ1v) is 23.1. The lowest BCUT2D eigenvalue weighted by atomic mass is 9.59. The van der Waals surface area contributed by atoms with Crippen LogP contribution in [0.1, 0.15) is 54.8 Å². The topological polar surface area (TPSA) is 58.2 Å². The van der Waals surface area contributed by atoms with Gasteiger partial charge in [-0.05, 0) is 82.1 Å². The van der Waals surface area contributed by atoms with E-state index in [9.17, 15) is 0 Å². The molecule has 0 aromatic heterocycles. The lowest BCUT2D eigenvalue weighted by Crippen LogP contribution is -2.62. The Labute approximate surface area is 353 Å². The van der Waals surface area contributed by atoms with Crippen LogP contribution in [0.5, 0.6) is 0 Å². The second kappa shape index (κ2) is 16.7. The zero-order valence-corrected chi connectivity index (χ0v) is 34.6. The van der Waals surface area contributed by atoms with Crippen LogP contribution in [-0.4, -0.2) is 23.9 Å². The molecule has 3 aliphatic rings. The summed E-state index contributed by atoms with van der Waals surface area (Å²) in [5, 5.41) is 13.9. The third-order valence-electron chi connectivity index (χ3n) is 11.9. The lowest BCUT2D eigenvalue weighted by molar-refractivity contribution is 0.0859. The van der Waals surface area contributed by atoms with Crippen LogP contribution in [0.4, 0.5) is 0 Å². The minimum absolute atomic E-state index is 0.145. The van der Waals surface area contributed by atoms with Crippen LogP contribution < -0.4 is 42.5 Å². The largest absolute Gasteiger partial charge is 0.346 e. The van der Waals surface area contributed by atoms with Crippen molar-refractivity contribution in [3.05, 3.63) is 252 Å². The standard InChI is InChI=1S/C54H42N2O2P2/c57-53(45-33-17-19-35-47(45)59(37-21-5-1-6-22-37)38-23-7-2-8-24-38)55-51-49-41-29-13-15-31-43(41)50(44-32-16-14-30-42(44)49)52(51)56-54(58)46-34-18-20-36-48(46)60(39-25-9-3-10-26-39)40-27-11-4-12-28-40/h1-36,49-52H,(H,55,57)(H,56,58). The quantitative estimate of drug-likeness (QED) is 0.137. The van der Waals surface area contributed by atoms with Crippen molar-refractivity contribution in [2.45, 2.75) is 23.9 Å². The van der Waals surface area contributed by atoms with Gasteiger partial charge in [-0.25, -0.2) is 0 Å². The van der Waals surface area contributed by atoms with Crippen LogP contribution in [0, 0.1) is 0 Å². The predicted molar refractivity (Wildman–Crippen MR) is 249 cm³/mol. The summed E-state index contributed by atoms with van der Waals surface area (Å²) in [6.45, 7) is 0. The summed E-state index contributed by atoms with van der Waals surface area (Å²) in [4.78, 5) is 30.3. The molecule has 0 fully saturated rings.